The van der Waals surface area contributed by atoms with Crippen molar-refractivity contribution in [1.82, 2.24) is 10.2 Å². The summed E-state index contributed by atoms with van der Waals surface area (Å²) >= 11 is 6.39. The number of aryl methyl sites for hydroxylation is 3. The van der Waals surface area contributed by atoms with Crippen molar-refractivity contribution in [2.45, 2.75) is 26.8 Å². The summed E-state index contributed by atoms with van der Waals surface area (Å²) in [4.78, 5) is 14.9. The van der Waals surface area contributed by atoms with Crippen LogP contribution in [-0.4, -0.2) is 37.0 Å². The van der Waals surface area contributed by atoms with Crippen LogP contribution in [0.1, 0.15) is 28.3 Å². The molecular formula is C21H26ClN3O. The molecule has 0 saturated carbocycles. The van der Waals surface area contributed by atoms with E-state index in [0.29, 0.717) is 6.54 Å². The zero-order chi connectivity index (χ0) is 18.7. The van der Waals surface area contributed by atoms with Crippen LogP contribution >= 0.6 is 11.6 Å². The first-order chi connectivity index (χ1) is 12.5. The highest BCUT2D eigenvalue weighted by molar-refractivity contribution is 6.31. The number of nitrogens with zero attached hydrogens (tertiary/aromatic N) is 1. The zero-order valence-corrected chi connectivity index (χ0v) is 16.4. The number of piperazine rings is 1. The van der Waals surface area contributed by atoms with Crippen LogP contribution in [0.15, 0.2) is 36.4 Å². The van der Waals surface area contributed by atoms with E-state index in [9.17, 15) is 4.79 Å². The van der Waals surface area contributed by atoms with E-state index in [2.05, 4.69) is 34.6 Å². The van der Waals surface area contributed by atoms with Crippen LogP contribution in [0.25, 0.3) is 0 Å². The molecule has 1 unspecified atom stereocenters. The largest absolute Gasteiger partial charge is 0.324 e. The van der Waals surface area contributed by atoms with Crippen LogP contribution in [-0.2, 0) is 4.79 Å². The predicted molar refractivity (Wildman–Crippen MR) is 108 cm³/mol. The van der Waals surface area contributed by atoms with Crippen LogP contribution in [0.4, 0.5) is 5.69 Å². The number of anilines is 1. The highest BCUT2D eigenvalue weighted by Gasteiger charge is 2.27. The Bertz CT molecular complexity index is 783. The lowest BCUT2D eigenvalue weighted by Crippen LogP contribution is -2.48. The Balaban J connectivity index is 1.74. The van der Waals surface area contributed by atoms with Crippen molar-refractivity contribution < 1.29 is 4.79 Å². The normalized spacial score (nSPS) is 17.9. The smallest absolute Gasteiger partial charge is 0.238 e. The quantitative estimate of drug-likeness (QED) is 0.858. The summed E-state index contributed by atoms with van der Waals surface area (Å²) in [5.41, 5.74) is 5.39. The van der Waals surface area contributed by atoms with Gasteiger partial charge in [-0.25, -0.2) is 0 Å². The highest BCUT2D eigenvalue weighted by Crippen LogP contribution is 2.28. The molecular weight excluding hydrogens is 346 g/mol. The SMILES string of the molecule is Cc1cc(C)c(NC(=O)CN2CCNCC2c2ccccc2Cl)c(C)c1. The van der Waals surface area contributed by atoms with Crippen LogP contribution in [0.5, 0.6) is 0 Å². The van der Waals surface area contributed by atoms with E-state index in [1.807, 2.05) is 38.1 Å². The van der Waals surface area contributed by atoms with Gasteiger partial charge in [0, 0.05) is 36.4 Å². The van der Waals surface area contributed by atoms with Crippen molar-refractivity contribution in [3.8, 4) is 0 Å². The molecule has 1 heterocycles. The van der Waals surface area contributed by atoms with Crippen LogP contribution in [0.3, 0.4) is 0 Å². The van der Waals surface area contributed by atoms with E-state index >= 15 is 0 Å². The molecule has 3 rings (SSSR count). The maximum absolute atomic E-state index is 12.7. The van der Waals surface area contributed by atoms with Crippen molar-refractivity contribution in [2.24, 2.45) is 0 Å². The zero-order valence-electron chi connectivity index (χ0n) is 15.6. The Morgan fingerprint density at radius 1 is 1.23 bits per heavy atom. The molecule has 0 spiro atoms. The molecule has 2 aromatic carbocycles. The molecule has 1 fully saturated rings. The fourth-order valence-electron chi connectivity index (χ4n) is 3.73. The minimum absolute atomic E-state index is 0.0130. The molecule has 0 radical (unpaired) electrons. The van der Waals surface area contributed by atoms with Gasteiger partial charge in [0.05, 0.1) is 6.54 Å². The number of hydrogen-bond donors (Lipinski definition) is 2. The maximum atomic E-state index is 12.7. The highest BCUT2D eigenvalue weighted by atomic mass is 35.5. The van der Waals surface area contributed by atoms with Crippen molar-refractivity contribution in [1.29, 1.82) is 0 Å². The van der Waals surface area contributed by atoms with Gasteiger partial charge < -0.3 is 10.6 Å². The number of nitrogens with one attached hydrogen (secondary N) is 2. The van der Waals surface area contributed by atoms with Gasteiger partial charge in [0.15, 0.2) is 0 Å². The third kappa shape index (κ3) is 4.26. The Kier molecular flexibility index (Phi) is 5.97. The molecule has 1 atom stereocenters. The van der Waals surface area contributed by atoms with Gasteiger partial charge in [-0.05, 0) is 43.5 Å². The molecule has 5 heteroatoms. The van der Waals surface area contributed by atoms with Gasteiger partial charge in [-0.15, -0.1) is 0 Å². The monoisotopic (exact) mass is 371 g/mol. The lowest BCUT2D eigenvalue weighted by molar-refractivity contribution is -0.118. The summed E-state index contributed by atoms with van der Waals surface area (Å²) < 4.78 is 0. The van der Waals surface area contributed by atoms with Crippen molar-refractivity contribution in [2.75, 3.05) is 31.5 Å². The molecule has 26 heavy (non-hydrogen) atoms. The third-order valence-corrected chi connectivity index (χ3v) is 5.25. The minimum atomic E-state index is 0.0130. The van der Waals surface area contributed by atoms with Gasteiger partial charge in [0.25, 0.3) is 0 Å². The van der Waals surface area contributed by atoms with E-state index in [-0.39, 0.29) is 11.9 Å². The summed E-state index contributed by atoms with van der Waals surface area (Å²) in [5.74, 6) is 0.0130. The molecule has 0 aliphatic carbocycles. The Labute approximate surface area is 160 Å². The Morgan fingerprint density at radius 2 is 1.92 bits per heavy atom. The summed E-state index contributed by atoms with van der Waals surface area (Å²) in [7, 11) is 0. The fraction of sp³-hybridized carbons (Fsp3) is 0.381. The number of benzene rings is 2. The van der Waals surface area contributed by atoms with Gasteiger partial charge in [0.1, 0.15) is 0 Å². The number of halogens is 1. The second kappa shape index (κ2) is 8.21. The van der Waals surface area contributed by atoms with E-state index in [4.69, 9.17) is 11.6 Å². The molecule has 0 aromatic heterocycles. The first-order valence-electron chi connectivity index (χ1n) is 9.02. The molecule has 2 aromatic rings. The summed E-state index contributed by atoms with van der Waals surface area (Å²) in [6.45, 7) is 8.97. The lowest BCUT2D eigenvalue weighted by Gasteiger charge is -2.36. The Morgan fingerprint density at radius 3 is 2.62 bits per heavy atom. The molecule has 4 nitrogen and oxygen atoms in total. The van der Waals surface area contributed by atoms with Crippen LogP contribution in [0.2, 0.25) is 5.02 Å². The van der Waals surface area contributed by atoms with Crippen LogP contribution < -0.4 is 10.6 Å². The standard InChI is InChI=1S/C21H26ClN3O/c1-14-10-15(2)21(16(3)11-14)24-20(26)13-25-9-8-23-12-19(25)17-6-4-5-7-18(17)22/h4-7,10-11,19,23H,8-9,12-13H2,1-3H3,(H,24,26). The average molecular weight is 372 g/mol. The third-order valence-electron chi connectivity index (χ3n) is 4.91. The van der Waals surface area contributed by atoms with Gasteiger partial charge in [-0.2, -0.15) is 0 Å². The van der Waals surface area contributed by atoms with Crippen molar-refractivity contribution in [3.63, 3.8) is 0 Å². The molecule has 1 saturated heterocycles. The average Bonchev–Trinajstić information content (AvgIpc) is 2.59. The first kappa shape index (κ1) is 18.9. The maximum Gasteiger partial charge on any atom is 0.238 e. The predicted octanol–water partition coefficient (Wildman–Crippen LogP) is 3.85. The summed E-state index contributed by atoms with van der Waals surface area (Å²) in [6, 6.07) is 12.2. The molecule has 1 amide bonds. The number of hydrogen-bond acceptors (Lipinski definition) is 3. The first-order valence-corrected chi connectivity index (χ1v) is 9.40. The molecule has 1 aliphatic rings. The lowest BCUT2D eigenvalue weighted by atomic mass is 10.0. The molecule has 1 aliphatic heterocycles. The van der Waals surface area contributed by atoms with E-state index in [1.165, 1.54) is 5.56 Å². The minimum Gasteiger partial charge on any atom is -0.324 e. The topological polar surface area (TPSA) is 44.4 Å². The van der Waals surface area contributed by atoms with Crippen LogP contribution in [0, 0.1) is 20.8 Å². The molecule has 138 valence electrons. The van der Waals surface area contributed by atoms with Gasteiger partial charge in [-0.1, -0.05) is 47.5 Å². The number of carbonyl (C=O) groups excluding carboxylic acids is 1. The summed E-state index contributed by atoms with van der Waals surface area (Å²) in [6.07, 6.45) is 0. The molecule has 2 N–H and O–H groups in total. The van der Waals surface area contributed by atoms with Gasteiger partial charge in [-0.3, -0.25) is 9.69 Å². The van der Waals surface area contributed by atoms with Gasteiger partial charge >= 0.3 is 0 Å². The number of carbonyl (C=O) groups is 1. The number of amides is 1. The second-order valence-corrected chi connectivity index (χ2v) is 7.44. The fourth-order valence-corrected chi connectivity index (χ4v) is 3.99. The number of rotatable bonds is 4. The molecule has 0 bridgehead atoms. The van der Waals surface area contributed by atoms with E-state index < -0.39 is 0 Å². The second-order valence-electron chi connectivity index (χ2n) is 7.03. The van der Waals surface area contributed by atoms with Crippen molar-refractivity contribution >= 4 is 23.2 Å². The summed E-state index contributed by atoms with van der Waals surface area (Å²) in [5, 5.41) is 7.26. The van der Waals surface area contributed by atoms with E-state index in [0.717, 1.165) is 47.0 Å². The Hall–Kier alpha value is -1.88. The van der Waals surface area contributed by atoms with Crippen molar-refractivity contribution in [3.05, 3.63) is 63.7 Å². The van der Waals surface area contributed by atoms with Gasteiger partial charge in [0.2, 0.25) is 5.91 Å². The van der Waals surface area contributed by atoms with E-state index in [1.54, 1.807) is 0 Å².